The Morgan fingerprint density at radius 1 is 0.233 bits per heavy atom. The third-order valence-corrected chi connectivity index (χ3v) is 21.0. The first kappa shape index (κ1) is 51.2. The zero-order valence-corrected chi connectivity index (χ0v) is 51.1. The van der Waals surface area contributed by atoms with Crippen LogP contribution in [0.25, 0.3) is 150 Å². The van der Waals surface area contributed by atoms with Crippen LogP contribution in [0.15, 0.2) is 261 Å². The fourth-order valence-corrected chi connectivity index (χ4v) is 16.6. The molecule has 0 saturated carbocycles. The summed E-state index contributed by atoms with van der Waals surface area (Å²) < 4.78 is 7.35. The average molecular weight is 1150 g/mol. The summed E-state index contributed by atoms with van der Waals surface area (Å²) in [7, 11) is 0. The molecule has 0 radical (unpaired) electrons. The van der Waals surface area contributed by atoms with Gasteiger partial charge in [0.25, 0.3) is 0 Å². The fourth-order valence-electron chi connectivity index (χ4n) is 16.6. The van der Waals surface area contributed by atoms with Crippen molar-refractivity contribution < 1.29 is 0 Å². The fraction of sp³-hybridized carbons (Fsp3) is 0.106. The number of hydrogen-bond donors (Lipinski definition) is 0. The van der Waals surface area contributed by atoms with E-state index in [2.05, 4.69) is 316 Å². The predicted octanol–water partition coefficient (Wildman–Crippen LogP) is 21.7. The molecule has 5 nitrogen and oxygen atoms in total. The normalized spacial score (nSPS) is 14.6. The van der Waals surface area contributed by atoms with Gasteiger partial charge < -0.3 is 13.7 Å². The summed E-state index contributed by atoms with van der Waals surface area (Å²) in [5.74, 6) is 0.658. The number of rotatable bonds is 6. The van der Waals surface area contributed by atoms with Gasteiger partial charge in [0.1, 0.15) is 0 Å². The van der Waals surface area contributed by atoms with E-state index in [0.29, 0.717) is 5.82 Å². The van der Waals surface area contributed by atoms with Crippen molar-refractivity contribution >= 4 is 65.4 Å². The lowest BCUT2D eigenvalue weighted by atomic mass is 9.82. The number of hydrogen-bond acceptors (Lipinski definition) is 2. The molecular weight excluding hydrogens is 1090 g/mol. The molecule has 4 aromatic heterocycles. The molecule has 0 atom stereocenters. The summed E-state index contributed by atoms with van der Waals surface area (Å²) in [6.45, 7) is 14.2. The summed E-state index contributed by atoms with van der Waals surface area (Å²) in [6, 6.07) is 97.2. The highest BCUT2D eigenvalue weighted by Crippen LogP contribution is 2.54. The van der Waals surface area contributed by atoms with E-state index in [0.717, 1.165) is 45.1 Å². The number of nitrogens with zero attached hydrogens (tertiary/aromatic N) is 5. The minimum absolute atomic E-state index is 0.104. The second-order valence-electron chi connectivity index (χ2n) is 26.9. The maximum atomic E-state index is 5.59. The van der Waals surface area contributed by atoms with E-state index in [1.165, 1.54) is 132 Å². The smallest absolute Gasteiger partial charge is 0.160 e. The van der Waals surface area contributed by atoms with E-state index < -0.39 is 0 Å². The van der Waals surface area contributed by atoms with Crippen LogP contribution in [0.3, 0.4) is 0 Å². The van der Waals surface area contributed by atoms with Crippen molar-refractivity contribution in [2.45, 2.75) is 57.8 Å². The lowest BCUT2D eigenvalue weighted by Crippen LogP contribution is -2.14. The molecule has 5 heteroatoms. The van der Waals surface area contributed by atoms with Gasteiger partial charge in [-0.1, -0.05) is 193 Å². The highest BCUT2D eigenvalue weighted by molar-refractivity contribution is 6.14. The highest BCUT2D eigenvalue weighted by Gasteiger charge is 2.39. The summed E-state index contributed by atoms with van der Waals surface area (Å²) in [4.78, 5) is 11.2. The Morgan fingerprint density at radius 3 is 0.967 bits per heavy atom. The minimum atomic E-state index is -0.116. The van der Waals surface area contributed by atoms with Gasteiger partial charge in [-0.05, 0) is 176 Å². The van der Waals surface area contributed by atoms with Crippen LogP contribution in [-0.2, 0) is 16.2 Å². The van der Waals surface area contributed by atoms with Crippen molar-refractivity contribution in [3.8, 4) is 84.3 Å². The zero-order chi connectivity index (χ0) is 60.1. The largest absolute Gasteiger partial charge is 0.309 e. The molecule has 0 saturated heterocycles. The molecule has 19 rings (SSSR count). The summed E-state index contributed by atoms with van der Waals surface area (Å²) in [5, 5.41) is 7.49. The molecule has 4 heterocycles. The first-order valence-electron chi connectivity index (χ1n) is 31.6. The molecule has 0 aliphatic heterocycles. The molecule has 426 valence electrons. The lowest BCUT2D eigenvalue weighted by molar-refractivity contribution is 0.661. The second-order valence-corrected chi connectivity index (χ2v) is 26.9. The SMILES string of the molecule is CC1(C)c2ccccc2-c2cc3c(cc21)c1ccccc1n3-c1ccc(-c2nc(-c3cccc(-n4c5ccccc5c5cc6c(cc54)-c4ccccc4C6(C)C)c3)cc(-c3cccc(-n4c5ccccc5c5cc6c(cc54)-c4ccccc4C6(C)C)c3)n2)cc1. The van der Waals surface area contributed by atoms with Crippen LogP contribution >= 0.6 is 0 Å². The Morgan fingerprint density at radius 2 is 0.578 bits per heavy atom. The van der Waals surface area contributed by atoms with Crippen molar-refractivity contribution in [3.05, 3.63) is 294 Å². The molecule has 90 heavy (non-hydrogen) atoms. The van der Waals surface area contributed by atoms with Crippen molar-refractivity contribution in [1.82, 2.24) is 23.7 Å². The van der Waals surface area contributed by atoms with Gasteiger partial charge in [0, 0.05) is 82.3 Å². The van der Waals surface area contributed by atoms with Gasteiger partial charge in [0.2, 0.25) is 0 Å². The first-order valence-corrected chi connectivity index (χ1v) is 31.6. The highest BCUT2D eigenvalue weighted by atomic mass is 15.0. The minimum Gasteiger partial charge on any atom is -0.309 e. The van der Waals surface area contributed by atoms with E-state index in [9.17, 15) is 0 Å². The predicted molar refractivity (Wildman–Crippen MR) is 374 cm³/mol. The molecule has 0 N–H and O–H groups in total. The maximum absolute atomic E-state index is 5.59. The van der Waals surface area contributed by atoms with Crippen molar-refractivity contribution in [1.29, 1.82) is 0 Å². The van der Waals surface area contributed by atoms with Gasteiger partial charge in [-0.25, -0.2) is 9.97 Å². The molecule has 0 fully saturated rings. The molecule has 0 spiro atoms. The van der Waals surface area contributed by atoms with Gasteiger partial charge >= 0.3 is 0 Å². The van der Waals surface area contributed by atoms with Crippen LogP contribution in [0.4, 0.5) is 0 Å². The molecular formula is C85H61N5. The Labute approximate surface area is 522 Å². The lowest BCUT2D eigenvalue weighted by Gasteiger charge is -2.21. The van der Waals surface area contributed by atoms with Crippen molar-refractivity contribution in [3.63, 3.8) is 0 Å². The Hall–Kier alpha value is -10.9. The summed E-state index contributed by atoms with van der Waals surface area (Å²) >= 11 is 0. The first-order chi connectivity index (χ1) is 43.9. The third-order valence-electron chi connectivity index (χ3n) is 21.0. The average Bonchev–Trinajstić information content (AvgIpc) is 1.58. The molecule has 0 unspecified atom stereocenters. The quantitative estimate of drug-likeness (QED) is 0.166. The summed E-state index contributed by atoms with van der Waals surface area (Å²) in [6.07, 6.45) is 0. The molecule has 3 aliphatic carbocycles. The zero-order valence-electron chi connectivity index (χ0n) is 51.1. The summed E-state index contributed by atoms with van der Waals surface area (Å²) in [5.41, 5.74) is 30.7. The molecule has 0 amide bonds. The van der Waals surface area contributed by atoms with E-state index in [-0.39, 0.29) is 16.2 Å². The topological polar surface area (TPSA) is 40.6 Å². The standard InChI is InChI=1S/C85H61N5/c1-83(2)68-31-13-7-25-56(68)62-46-79-65(43-71(62)83)59-28-10-16-34-76(59)88(79)53-39-37-50(38-40-53)82-86-74(51-21-19-23-54(41-51)89-77-35-17-11-29-60(77)66-44-72-63(47-80(66)89)57-26-8-14-32-69(57)84(72,3)4)49-75(87-82)52-22-20-24-55(42-52)90-78-36-18-12-30-61(78)67-45-73-64(48-81(67)90)58-27-9-15-33-70(58)85(73,5)6/h7-49H,1-6H3. The van der Waals surface area contributed by atoms with E-state index >= 15 is 0 Å². The van der Waals surface area contributed by atoms with Crippen LogP contribution < -0.4 is 0 Å². The number of fused-ring (bicyclic) bond motifs is 18. The van der Waals surface area contributed by atoms with Crippen molar-refractivity contribution in [2.75, 3.05) is 0 Å². The van der Waals surface area contributed by atoms with Crippen LogP contribution in [0.2, 0.25) is 0 Å². The van der Waals surface area contributed by atoms with Gasteiger partial charge in [-0.3, -0.25) is 0 Å². The number of para-hydroxylation sites is 3. The van der Waals surface area contributed by atoms with Crippen LogP contribution in [0, 0.1) is 0 Å². The molecule has 3 aliphatic rings. The van der Waals surface area contributed by atoms with Gasteiger partial charge in [0.15, 0.2) is 5.82 Å². The van der Waals surface area contributed by atoms with E-state index in [1.54, 1.807) is 0 Å². The Kier molecular flexibility index (Phi) is 10.3. The van der Waals surface area contributed by atoms with Gasteiger partial charge in [0.05, 0.1) is 44.5 Å². The molecule has 12 aromatic carbocycles. The molecule has 16 aromatic rings. The van der Waals surface area contributed by atoms with Gasteiger partial charge in [-0.15, -0.1) is 0 Å². The van der Waals surface area contributed by atoms with E-state index in [1.807, 2.05) is 0 Å². The second kappa shape index (κ2) is 18.1. The van der Waals surface area contributed by atoms with Crippen LogP contribution in [-0.4, -0.2) is 23.7 Å². The van der Waals surface area contributed by atoms with Crippen LogP contribution in [0.1, 0.15) is 74.9 Å². The van der Waals surface area contributed by atoms with E-state index in [4.69, 9.17) is 9.97 Å². The Balaban J connectivity index is 0.789. The van der Waals surface area contributed by atoms with Crippen LogP contribution in [0.5, 0.6) is 0 Å². The maximum Gasteiger partial charge on any atom is 0.160 e. The molecule has 0 bridgehead atoms. The van der Waals surface area contributed by atoms with Crippen molar-refractivity contribution in [2.24, 2.45) is 0 Å². The van der Waals surface area contributed by atoms with Gasteiger partial charge in [-0.2, -0.15) is 0 Å². The third kappa shape index (κ3) is 6.97. The number of aromatic nitrogens is 5. The number of benzene rings is 12. The monoisotopic (exact) mass is 1150 g/mol. The Bertz CT molecular complexity index is 5580.